The lowest BCUT2D eigenvalue weighted by Gasteiger charge is -2.14. The van der Waals surface area contributed by atoms with E-state index < -0.39 is 23.1 Å². The Balaban J connectivity index is 2.08. The summed E-state index contributed by atoms with van der Waals surface area (Å²) in [6.45, 7) is 3.54. The average molecular weight is 387 g/mol. The lowest BCUT2D eigenvalue weighted by Crippen LogP contribution is -2.17. The number of nitrogens with one attached hydrogen (secondary N) is 1. The monoisotopic (exact) mass is 387 g/mol. The smallest absolute Gasteiger partial charge is 0.251 e. The second-order valence-electron chi connectivity index (χ2n) is 6.27. The maximum Gasteiger partial charge on any atom is 0.251 e. The van der Waals surface area contributed by atoms with E-state index in [0.29, 0.717) is 17.0 Å². The highest BCUT2D eigenvalue weighted by Gasteiger charge is 2.22. The summed E-state index contributed by atoms with van der Waals surface area (Å²) < 4.78 is 35.0. The van der Waals surface area contributed by atoms with Gasteiger partial charge in [0, 0.05) is 7.05 Å². The predicted molar refractivity (Wildman–Crippen MR) is 103 cm³/mol. The Kier molecular flexibility index (Phi) is 5.00. The van der Waals surface area contributed by atoms with Crippen molar-refractivity contribution >= 4 is 34.2 Å². The van der Waals surface area contributed by atoms with E-state index in [0.717, 1.165) is 17.1 Å². The number of aromatic nitrogens is 2. The summed E-state index contributed by atoms with van der Waals surface area (Å²) in [5.74, 6) is -3.78. The third kappa shape index (κ3) is 3.26. The minimum Gasteiger partial charge on any atom is -0.491 e. The van der Waals surface area contributed by atoms with Gasteiger partial charge in [0.05, 0.1) is 35.9 Å². The van der Waals surface area contributed by atoms with Crippen molar-refractivity contribution in [3.63, 3.8) is 0 Å². The molecule has 0 saturated heterocycles. The first kappa shape index (κ1) is 19.3. The van der Waals surface area contributed by atoms with E-state index in [4.69, 9.17) is 10.5 Å². The van der Waals surface area contributed by atoms with Gasteiger partial charge in [-0.3, -0.25) is 4.79 Å². The number of amides is 1. The maximum absolute atomic E-state index is 14.2. The van der Waals surface area contributed by atoms with Gasteiger partial charge in [-0.25, -0.2) is 14.4 Å². The molecular weight excluding hydrogens is 368 g/mol. The number of imidazole rings is 1. The van der Waals surface area contributed by atoms with Gasteiger partial charge in [0.15, 0.2) is 11.6 Å². The number of hydrogen-bond donors (Lipinski definition) is 2. The van der Waals surface area contributed by atoms with Crippen LogP contribution >= 0.6 is 0 Å². The summed E-state index contributed by atoms with van der Waals surface area (Å²) in [5.41, 5.74) is 7.71. The molecule has 1 heterocycles. The van der Waals surface area contributed by atoms with Crippen molar-refractivity contribution in [2.24, 2.45) is 17.8 Å². The summed E-state index contributed by atoms with van der Waals surface area (Å²) in [6.07, 6.45) is 1.68. The van der Waals surface area contributed by atoms with E-state index in [1.807, 2.05) is 30.7 Å². The Bertz CT molecular complexity index is 1120. The van der Waals surface area contributed by atoms with Crippen LogP contribution in [0.1, 0.15) is 22.8 Å². The van der Waals surface area contributed by atoms with Crippen LogP contribution in [0.3, 0.4) is 0 Å². The molecule has 0 aliphatic carbocycles. The van der Waals surface area contributed by atoms with E-state index >= 15 is 0 Å². The number of anilines is 1. The Morgan fingerprint density at radius 3 is 2.68 bits per heavy atom. The van der Waals surface area contributed by atoms with Crippen molar-refractivity contribution < 1.29 is 18.3 Å². The van der Waals surface area contributed by atoms with Crippen LogP contribution in [-0.2, 0) is 7.05 Å². The van der Waals surface area contributed by atoms with Crippen molar-refractivity contribution in [3.05, 3.63) is 47.3 Å². The van der Waals surface area contributed by atoms with Crippen molar-refractivity contribution in [2.75, 3.05) is 12.4 Å². The van der Waals surface area contributed by atoms with Crippen molar-refractivity contribution in [1.82, 2.24) is 9.55 Å². The van der Waals surface area contributed by atoms with Crippen LogP contribution in [0.15, 0.2) is 29.5 Å². The van der Waals surface area contributed by atoms with E-state index in [1.54, 1.807) is 13.3 Å². The van der Waals surface area contributed by atoms with Gasteiger partial charge in [0.25, 0.3) is 5.91 Å². The number of nitrogens with two attached hydrogens (primary N) is 1. The first-order valence-electron chi connectivity index (χ1n) is 8.33. The molecule has 146 valence electrons. The predicted octanol–water partition coefficient (Wildman–Crippen LogP) is 3.43. The average Bonchev–Trinajstić information content (AvgIpc) is 3.01. The highest BCUT2D eigenvalue weighted by Crippen LogP contribution is 2.33. The minimum atomic E-state index is -1.36. The van der Waals surface area contributed by atoms with Gasteiger partial charge in [-0.2, -0.15) is 4.39 Å². The van der Waals surface area contributed by atoms with Crippen LogP contribution in [0.5, 0.6) is 5.75 Å². The van der Waals surface area contributed by atoms with Gasteiger partial charge < -0.3 is 20.4 Å². The summed E-state index contributed by atoms with van der Waals surface area (Å²) in [7, 11) is 3.07. The molecule has 1 amide bonds. The molecule has 0 aliphatic heterocycles. The topological polar surface area (TPSA) is 94.5 Å². The number of aliphatic imine (C=N–C) groups is 1. The first-order valence-corrected chi connectivity index (χ1v) is 8.33. The van der Waals surface area contributed by atoms with Gasteiger partial charge in [-0.15, -0.1) is 0 Å². The number of fused-ring (bicyclic) bond motifs is 1. The molecule has 3 aromatic rings. The number of methoxy groups -OCH3 is 1. The van der Waals surface area contributed by atoms with Gasteiger partial charge in [0.1, 0.15) is 11.4 Å². The van der Waals surface area contributed by atoms with Gasteiger partial charge in [-0.1, -0.05) is 6.07 Å². The summed E-state index contributed by atoms with van der Waals surface area (Å²) in [6, 6.07) is 4.95. The summed E-state index contributed by atoms with van der Waals surface area (Å²) in [5, 5.41) is 2.85. The molecule has 2 aromatic carbocycles. The molecule has 9 heteroatoms. The molecule has 0 unspecified atom stereocenters. The Morgan fingerprint density at radius 2 is 2.04 bits per heavy atom. The van der Waals surface area contributed by atoms with Crippen molar-refractivity contribution in [1.29, 1.82) is 0 Å². The zero-order chi connectivity index (χ0) is 20.6. The number of nitrogens with zero attached hydrogens (tertiary/aromatic N) is 3. The van der Waals surface area contributed by atoms with Gasteiger partial charge >= 0.3 is 0 Å². The third-order valence-corrected chi connectivity index (χ3v) is 4.30. The molecule has 0 spiro atoms. The number of primary amides is 1. The zero-order valence-electron chi connectivity index (χ0n) is 15.8. The quantitative estimate of drug-likeness (QED) is 0.530. The molecule has 0 radical (unpaired) electrons. The van der Waals surface area contributed by atoms with Gasteiger partial charge in [0.2, 0.25) is 5.82 Å². The molecule has 0 atom stereocenters. The van der Waals surface area contributed by atoms with E-state index in [9.17, 15) is 13.6 Å². The number of amidine groups is 1. The second-order valence-corrected chi connectivity index (χ2v) is 6.27. The fraction of sp³-hybridized carbons (Fsp3) is 0.211. The molecule has 1 aromatic heterocycles. The minimum absolute atomic E-state index is 0.0299. The molecule has 28 heavy (non-hydrogen) atoms. The van der Waals surface area contributed by atoms with Crippen LogP contribution < -0.4 is 15.8 Å². The van der Waals surface area contributed by atoms with E-state index in [-0.39, 0.29) is 11.4 Å². The van der Waals surface area contributed by atoms with Crippen LogP contribution in [-0.4, -0.2) is 28.4 Å². The molecular formula is C19H19F2N5O2. The number of ether oxygens (including phenoxy) is 1. The lowest BCUT2D eigenvalue weighted by atomic mass is 10.1. The summed E-state index contributed by atoms with van der Waals surface area (Å²) >= 11 is 0. The highest BCUT2D eigenvalue weighted by atomic mass is 19.2. The first-order chi connectivity index (χ1) is 13.2. The third-order valence-electron chi connectivity index (χ3n) is 4.30. The fourth-order valence-electron chi connectivity index (χ4n) is 2.90. The highest BCUT2D eigenvalue weighted by molar-refractivity contribution is 6.01. The van der Waals surface area contributed by atoms with Crippen LogP contribution in [0, 0.1) is 18.6 Å². The standard InChI is InChI=1S/C19H19F2N5O2/c1-9-5-6-13-17(23-8-26(13)3)16(9)25-10(2)24-12-7-11(19(22)27)14(20)15(21)18(12)28-4/h5-8H,1-4H3,(H2,22,27)(H,24,25). The fourth-order valence-corrected chi connectivity index (χ4v) is 2.90. The number of carbonyl (C=O) groups is 1. The Morgan fingerprint density at radius 1 is 1.32 bits per heavy atom. The Hall–Kier alpha value is -3.49. The molecule has 0 aliphatic rings. The number of hydrogen-bond acceptors (Lipinski definition) is 4. The maximum atomic E-state index is 14.2. The molecule has 3 N–H and O–H groups in total. The number of carbonyl (C=O) groups excluding carboxylic acids is 1. The van der Waals surface area contributed by atoms with Crippen molar-refractivity contribution in [2.45, 2.75) is 13.8 Å². The van der Waals surface area contributed by atoms with E-state index in [2.05, 4.69) is 15.3 Å². The number of benzene rings is 2. The van der Waals surface area contributed by atoms with Crippen LogP contribution in [0.25, 0.3) is 11.0 Å². The number of halogens is 2. The molecule has 0 fully saturated rings. The number of aryl methyl sites for hydroxylation is 2. The SMILES string of the molecule is COc1c(NC(C)=Nc2c(C)ccc3c2ncn3C)cc(C(N)=O)c(F)c1F. The molecule has 3 rings (SSSR count). The normalized spacial score (nSPS) is 11.7. The second kappa shape index (κ2) is 7.26. The van der Waals surface area contributed by atoms with Gasteiger partial charge in [-0.05, 0) is 31.5 Å². The molecule has 0 bridgehead atoms. The summed E-state index contributed by atoms with van der Waals surface area (Å²) in [4.78, 5) is 20.3. The Labute approximate surface area is 159 Å². The zero-order valence-corrected chi connectivity index (χ0v) is 15.8. The largest absolute Gasteiger partial charge is 0.491 e. The number of rotatable bonds is 4. The van der Waals surface area contributed by atoms with Crippen LogP contribution in [0.4, 0.5) is 20.2 Å². The molecule has 7 nitrogen and oxygen atoms in total. The molecule has 0 saturated carbocycles. The lowest BCUT2D eigenvalue weighted by molar-refractivity contribution is 0.0995. The van der Waals surface area contributed by atoms with Crippen molar-refractivity contribution in [3.8, 4) is 5.75 Å². The van der Waals surface area contributed by atoms with Crippen LogP contribution in [0.2, 0.25) is 0 Å². The van der Waals surface area contributed by atoms with E-state index in [1.165, 1.54) is 7.11 Å².